The predicted octanol–water partition coefficient (Wildman–Crippen LogP) is 0.632. The average molecular weight is 630 g/mol. The van der Waals surface area contributed by atoms with Gasteiger partial charge in [0.15, 0.2) is 11.5 Å². The van der Waals surface area contributed by atoms with Crippen LogP contribution in [0.2, 0.25) is 0 Å². The second kappa shape index (κ2) is 11.7. The van der Waals surface area contributed by atoms with Crippen molar-refractivity contribution in [3.05, 3.63) is 35.4 Å². The molecule has 5 rings (SSSR count). The minimum Gasteiger partial charge on any atom is -0.383 e. The molecule has 0 amide bonds. The summed E-state index contributed by atoms with van der Waals surface area (Å²) >= 11 is 0. The molecule has 18 nitrogen and oxygen atoms in total. The Balaban J connectivity index is 1.26. The molecular formula is C22H32N8O10P2. The number of ether oxygens (including phenoxy) is 2. The third-order valence-electron chi connectivity index (χ3n) is 7.68. The minimum absolute atomic E-state index is 0.000941. The lowest BCUT2D eigenvalue weighted by atomic mass is 9.93. The van der Waals surface area contributed by atoms with Gasteiger partial charge in [-0.2, -0.15) is 4.98 Å². The van der Waals surface area contributed by atoms with Gasteiger partial charge in [0.1, 0.15) is 30.1 Å². The highest BCUT2D eigenvalue weighted by molar-refractivity contribution is 7.52. The maximum absolute atomic E-state index is 13.2. The minimum atomic E-state index is -4.87. The van der Waals surface area contributed by atoms with Crippen molar-refractivity contribution in [3.63, 3.8) is 0 Å². The Bertz CT molecular complexity index is 1600. The molecule has 8 atom stereocenters. The number of hydrogen-bond donors (Lipinski definition) is 5. The van der Waals surface area contributed by atoms with E-state index in [-0.39, 0.29) is 36.5 Å². The van der Waals surface area contributed by atoms with Crippen molar-refractivity contribution in [3.8, 4) is 0 Å². The van der Waals surface area contributed by atoms with Crippen molar-refractivity contribution in [2.45, 2.75) is 44.9 Å². The average Bonchev–Trinajstić information content (AvgIpc) is 3.58. The molecule has 2 saturated heterocycles. The van der Waals surface area contributed by atoms with Crippen LogP contribution in [0.25, 0.3) is 11.2 Å². The van der Waals surface area contributed by atoms with Gasteiger partial charge in [0.25, 0.3) is 0 Å². The van der Waals surface area contributed by atoms with Crippen molar-refractivity contribution in [1.82, 2.24) is 29.1 Å². The van der Waals surface area contributed by atoms with Gasteiger partial charge in [-0.05, 0) is 18.4 Å². The van der Waals surface area contributed by atoms with Gasteiger partial charge in [-0.15, -0.1) is 0 Å². The quantitative estimate of drug-likeness (QED) is 0.192. The molecule has 1 unspecified atom stereocenters. The number of nitrogen functional groups attached to an aromatic ring is 2. The second-order valence-corrected chi connectivity index (χ2v) is 13.6. The molecule has 20 heteroatoms. The Morgan fingerprint density at radius 3 is 2.48 bits per heavy atom. The highest BCUT2D eigenvalue weighted by Gasteiger charge is 2.44. The molecule has 230 valence electrons. The molecule has 7 N–H and O–H groups in total. The van der Waals surface area contributed by atoms with E-state index in [1.54, 1.807) is 10.9 Å². The standard InChI is InChI=1S/C22H32N8O10P2/c1-11-12(2)21(30-10-27-18-19(24)25-9-26-20(18)30)40-14(11)6-37-41(32,33)8-13-5-17(29-4-3-16(23)28-22(29)31)39-15(13)7-38-42(34,35)36/h3-4,9-15,17,21H,5-8H2,1-2H3,(H,32,33)(H2,23,28,31)(H2,24,25,26)(H2,34,35,36)/t11-,12+,13+,14+,15+,17+,21+/m0/s1. The number of phosphoric ester groups is 1. The van der Waals surface area contributed by atoms with E-state index in [2.05, 4.69) is 24.5 Å². The monoisotopic (exact) mass is 630 g/mol. The van der Waals surface area contributed by atoms with Gasteiger partial charge in [-0.25, -0.2) is 24.3 Å². The van der Waals surface area contributed by atoms with Crippen molar-refractivity contribution in [1.29, 1.82) is 0 Å². The molecule has 2 aliphatic rings. The number of hydrogen-bond acceptors (Lipinski definition) is 13. The predicted molar refractivity (Wildman–Crippen MR) is 146 cm³/mol. The summed E-state index contributed by atoms with van der Waals surface area (Å²) in [5.74, 6) is -0.661. The van der Waals surface area contributed by atoms with Gasteiger partial charge in [0.2, 0.25) is 0 Å². The third kappa shape index (κ3) is 6.56. The summed E-state index contributed by atoms with van der Waals surface area (Å²) < 4.78 is 49.5. The van der Waals surface area contributed by atoms with Crippen LogP contribution in [0.15, 0.2) is 29.7 Å². The largest absolute Gasteiger partial charge is 0.469 e. The van der Waals surface area contributed by atoms with Crippen molar-refractivity contribution in [2.75, 3.05) is 30.8 Å². The van der Waals surface area contributed by atoms with Crippen LogP contribution < -0.4 is 17.2 Å². The molecule has 0 spiro atoms. The van der Waals surface area contributed by atoms with Crippen LogP contribution in [0.3, 0.4) is 0 Å². The molecule has 3 aromatic heterocycles. The first-order valence-corrected chi connectivity index (χ1v) is 16.3. The van der Waals surface area contributed by atoms with E-state index >= 15 is 0 Å². The summed E-state index contributed by atoms with van der Waals surface area (Å²) in [5.41, 5.74) is 11.7. The molecule has 42 heavy (non-hydrogen) atoms. The second-order valence-electron chi connectivity index (χ2n) is 10.4. The Morgan fingerprint density at radius 2 is 1.76 bits per heavy atom. The van der Waals surface area contributed by atoms with E-state index in [1.807, 2.05) is 13.8 Å². The Kier molecular flexibility index (Phi) is 8.55. The molecular weight excluding hydrogens is 598 g/mol. The lowest BCUT2D eigenvalue weighted by molar-refractivity contribution is -0.0333. The van der Waals surface area contributed by atoms with Crippen LogP contribution in [0, 0.1) is 17.8 Å². The Morgan fingerprint density at radius 1 is 1.02 bits per heavy atom. The normalized spacial score (nSPS) is 29.7. The van der Waals surface area contributed by atoms with E-state index in [0.717, 1.165) is 4.57 Å². The molecule has 2 aliphatic heterocycles. The van der Waals surface area contributed by atoms with Crippen molar-refractivity contribution < 1.29 is 42.3 Å². The smallest absolute Gasteiger partial charge is 0.383 e. The van der Waals surface area contributed by atoms with Gasteiger partial charge in [0.05, 0.1) is 37.9 Å². The Hall–Kier alpha value is -2.79. The van der Waals surface area contributed by atoms with E-state index < -0.39 is 64.5 Å². The van der Waals surface area contributed by atoms with Crippen LogP contribution in [-0.4, -0.2) is 75.3 Å². The fourth-order valence-electron chi connectivity index (χ4n) is 5.27. The third-order valence-corrected chi connectivity index (χ3v) is 9.65. The van der Waals surface area contributed by atoms with E-state index in [4.69, 9.17) is 35.3 Å². The van der Waals surface area contributed by atoms with Gasteiger partial charge in [-0.3, -0.25) is 18.2 Å². The number of anilines is 2. The summed E-state index contributed by atoms with van der Waals surface area (Å²) in [6, 6.07) is 1.38. The van der Waals surface area contributed by atoms with E-state index in [0.29, 0.717) is 11.2 Å². The zero-order valence-corrected chi connectivity index (χ0v) is 24.4. The van der Waals surface area contributed by atoms with Gasteiger partial charge >= 0.3 is 21.1 Å². The van der Waals surface area contributed by atoms with Gasteiger partial charge in [0, 0.05) is 18.0 Å². The summed E-state index contributed by atoms with van der Waals surface area (Å²) in [7, 11) is -9.16. The molecule has 2 fully saturated rings. The fourth-order valence-corrected chi connectivity index (χ4v) is 7.08. The van der Waals surface area contributed by atoms with Gasteiger partial charge in [-0.1, -0.05) is 13.8 Å². The topological polar surface area (TPSA) is 262 Å². The number of rotatable bonds is 10. The number of imidazole rings is 1. The van der Waals surface area contributed by atoms with Crippen LogP contribution in [0.5, 0.6) is 0 Å². The first-order chi connectivity index (χ1) is 19.7. The summed E-state index contributed by atoms with van der Waals surface area (Å²) in [4.78, 5) is 57.6. The highest BCUT2D eigenvalue weighted by atomic mass is 31.2. The number of fused-ring (bicyclic) bond motifs is 1. The van der Waals surface area contributed by atoms with Crippen molar-refractivity contribution in [2.24, 2.45) is 17.8 Å². The zero-order valence-electron chi connectivity index (χ0n) is 22.6. The van der Waals surface area contributed by atoms with Crippen LogP contribution in [0.4, 0.5) is 11.6 Å². The fraction of sp³-hybridized carbons (Fsp3) is 0.591. The lowest BCUT2D eigenvalue weighted by Gasteiger charge is -2.23. The molecule has 0 radical (unpaired) electrons. The van der Waals surface area contributed by atoms with Crippen LogP contribution in [-0.2, 0) is 27.7 Å². The molecule has 0 bridgehead atoms. The maximum atomic E-state index is 13.2. The van der Waals surface area contributed by atoms with E-state index in [9.17, 15) is 18.8 Å². The summed E-state index contributed by atoms with van der Waals surface area (Å²) in [5, 5.41) is 0. The number of nitrogens with zero attached hydrogens (tertiary/aromatic N) is 6. The lowest BCUT2D eigenvalue weighted by Crippen LogP contribution is -2.28. The van der Waals surface area contributed by atoms with Gasteiger partial charge < -0.3 is 40.1 Å². The number of phosphoric acid groups is 1. The SMILES string of the molecule is C[C@@H]1[C@H](C)[C@@H](COP(=O)(O)C[C@H]2C[C@H](n3ccc(N)nc3=O)O[C@@H]2COP(=O)(O)O)O[C@H]1n1cnc2c(N)ncnc21. The highest BCUT2D eigenvalue weighted by Crippen LogP contribution is 2.50. The van der Waals surface area contributed by atoms with Crippen LogP contribution >= 0.6 is 15.4 Å². The first-order valence-electron chi connectivity index (χ1n) is 13.0. The Labute approximate surface area is 238 Å². The summed E-state index contributed by atoms with van der Waals surface area (Å²) in [6.45, 7) is 3.12. The first kappa shape index (κ1) is 30.7. The zero-order chi connectivity index (χ0) is 30.4. The summed E-state index contributed by atoms with van der Waals surface area (Å²) in [6.07, 6.45) is 0.835. The molecule has 5 heterocycles. The maximum Gasteiger partial charge on any atom is 0.469 e. The number of aromatic nitrogens is 6. The van der Waals surface area contributed by atoms with Crippen molar-refractivity contribution >= 4 is 38.2 Å². The number of nitrogens with two attached hydrogens (primary N) is 2. The van der Waals surface area contributed by atoms with Crippen LogP contribution in [0.1, 0.15) is 32.7 Å². The molecule has 0 saturated carbocycles. The molecule has 0 aromatic carbocycles. The molecule has 3 aromatic rings. The molecule has 0 aliphatic carbocycles. The van der Waals surface area contributed by atoms with E-state index in [1.165, 1.54) is 18.6 Å².